The molecular formula is C24H17NO7. The van der Waals surface area contributed by atoms with Crippen molar-refractivity contribution in [3.05, 3.63) is 83.4 Å². The fraction of sp³-hybridized carbons (Fsp3) is 0.0833. The largest absolute Gasteiger partial charge is 0.508 e. The lowest BCUT2D eigenvalue weighted by molar-refractivity contribution is -0.132. The summed E-state index contributed by atoms with van der Waals surface area (Å²) in [6, 6.07) is 15.7. The van der Waals surface area contributed by atoms with E-state index in [9.17, 15) is 24.9 Å². The quantitative estimate of drug-likeness (QED) is 0.330. The van der Waals surface area contributed by atoms with E-state index in [0.29, 0.717) is 17.1 Å². The number of carbonyl (C=O) groups is 2. The number of aliphatic hydroxyl groups is 1. The molecule has 2 aliphatic rings. The molecule has 0 aromatic heterocycles. The average Bonchev–Trinajstić information content (AvgIpc) is 3.36. The summed E-state index contributed by atoms with van der Waals surface area (Å²) in [6.45, 7) is 0.0422. The van der Waals surface area contributed by atoms with Crippen LogP contribution in [0.2, 0.25) is 0 Å². The zero-order valence-corrected chi connectivity index (χ0v) is 16.6. The molecule has 3 aromatic carbocycles. The van der Waals surface area contributed by atoms with Crippen molar-refractivity contribution >= 4 is 23.1 Å². The van der Waals surface area contributed by atoms with Crippen LogP contribution in [0, 0.1) is 0 Å². The number of nitrogens with zero attached hydrogens (tertiary/aromatic N) is 1. The molecule has 1 unspecified atom stereocenters. The van der Waals surface area contributed by atoms with Crippen molar-refractivity contribution in [3.63, 3.8) is 0 Å². The monoisotopic (exact) mass is 431 g/mol. The molecule has 1 amide bonds. The van der Waals surface area contributed by atoms with E-state index in [1.54, 1.807) is 36.4 Å². The molecule has 1 fully saturated rings. The number of Topliss-reactive ketones (excluding diaryl/α,β-unsaturated/α-hetero) is 1. The van der Waals surface area contributed by atoms with Gasteiger partial charge in [0.05, 0.1) is 17.3 Å². The van der Waals surface area contributed by atoms with Gasteiger partial charge in [0.25, 0.3) is 11.7 Å². The van der Waals surface area contributed by atoms with Gasteiger partial charge >= 0.3 is 0 Å². The highest BCUT2D eigenvalue weighted by atomic mass is 16.7. The minimum Gasteiger partial charge on any atom is -0.508 e. The number of aliphatic hydroxyl groups excluding tert-OH is 1. The van der Waals surface area contributed by atoms with Crippen LogP contribution >= 0.6 is 0 Å². The normalized spacial score (nSPS) is 18.9. The Hall–Kier alpha value is -4.46. The molecule has 1 atom stereocenters. The number of benzene rings is 3. The number of para-hydroxylation sites is 2. The lowest BCUT2D eigenvalue weighted by Crippen LogP contribution is -2.29. The maximum Gasteiger partial charge on any atom is 0.300 e. The molecule has 3 N–H and O–H groups in total. The number of phenolic OH excluding ortho intramolecular Hbond substituents is 2. The number of aromatic hydroxyl groups is 2. The summed E-state index contributed by atoms with van der Waals surface area (Å²) in [4.78, 5) is 27.3. The van der Waals surface area contributed by atoms with Crippen LogP contribution in [0.4, 0.5) is 5.69 Å². The Morgan fingerprint density at radius 3 is 2.47 bits per heavy atom. The second-order valence-electron chi connectivity index (χ2n) is 7.32. The first-order valence-corrected chi connectivity index (χ1v) is 9.73. The number of phenols is 2. The second kappa shape index (κ2) is 7.35. The van der Waals surface area contributed by atoms with E-state index in [0.717, 1.165) is 4.90 Å². The molecule has 8 heteroatoms. The van der Waals surface area contributed by atoms with E-state index in [4.69, 9.17) is 9.47 Å². The van der Waals surface area contributed by atoms with Crippen molar-refractivity contribution in [1.82, 2.24) is 0 Å². The van der Waals surface area contributed by atoms with Crippen LogP contribution in [0.15, 0.2) is 72.3 Å². The third-order valence-electron chi connectivity index (χ3n) is 5.42. The number of hydrogen-bond acceptors (Lipinski definition) is 7. The van der Waals surface area contributed by atoms with Gasteiger partial charge in [0.2, 0.25) is 6.79 Å². The van der Waals surface area contributed by atoms with Crippen molar-refractivity contribution in [2.24, 2.45) is 0 Å². The Balaban J connectivity index is 1.73. The van der Waals surface area contributed by atoms with Crippen molar-refractivity contribution in [3.8, 4) is 23.0 Å². The van der Waals surface area contributed by atoms with Crippen molar-refractivity contribution in [2.75, 3.05) is 11.7 Å². The predicted molar refractivity (Wildman–Crippen MR) is 114 cm³/mol. The summed E-state index contributed by atoms with van der Waals surface area (Å²) >= 11 is 0. The molecular weight excluding hydrogens is 414 g/mol. The fourth-order valence-corrected chi connectivity index (χ4v) is 3.96. The van der Waals surface area contributed by atoms with Crippen LogP contribution in [0.1, 0.15) is 17.2 Å². The minimum atomic E-state index is -1.08. The molecule has 5 rings (SSSR count). The van der Waals surface area contributed by atoms with Gasteiger partial charge in [-0.05, 0) is 48.0 Å². The third kappa shape index (κ3) is 3.01. The average molecular weight is 431 g/mol. The molecule has 8 nitrogen and oxygen atoms in total. The number of carbonyl (C=O) groups excluding carboxylic acids is 2. The van der Waals surface area contributed by atoms with Gasteiger partial charge in [-0.25, -0.2) is 0 Å². The van der Waals surface area contributed by atoms with Gasteiger partial charge in [-0.15, -0.1) is 0 Å². The molecule has 0 aliphatic carbocycles. The fourth-order valence-electron chi connectivity index (χ4n) is 3.96. The van der Waals surface area contributed by atoms with Crippen LogP contribution < -0.4 is 14.4 Å². The Morgan fingerprint density at radius 1 is 0.906 bits per heavy atom. The number of ketones is 1. The number of fused-ring (bicyclic) bond motifs is 1. The van der Waals surface area contributed by atoms with Gasteiger partial charge in [0.15, 0.2) is 11.5 Å². The third-order valence-corrected chi connectivity index (χ3v) is 5.42. The molecule has 0 saturated carbocycles. The van der Waals surface area contributed by atoms with Crippen LogP contribution in [-0.2, 0) is 9.59 Å². The predicted octanol–water partition coefficient (Wildman–Crippen LogP) is 3.45. The zero-order chi connectivity index (χ0) is 22.4. The van der Waals surface area contributed by atoms with Gasteiger partial charge in [-0.2, -0.15) is 0 Å². The van der Waals surface area contributed by atoms with Gasteiger partial charge < -0.3 is 24.8 Å². The van der Waals surface area contributed by atoms with E-state index in [2.05, 4.69) is 0 Å². The van der Waals surface area contributed by atoms with Crippen molar-refractivity contribution < 1.29 is 34.4 Å². The molecule has 0 bridgehead atoms. The van der Waals surface area contributed by atoms with E-state index >= 15 is 0 Å². The maximum absolute atomic E-state index is 13.1. The Labute approximate surface area is 182 Å². The molecule has 0 radical (unpaired) electrons. The van der Waals surface area contributed by atoms with E-state index in [1.165, 1.54) is 30.3 Å². The van der Waals surface area contributed by atoms with Crippen LogP contribution in [0.25, 0.3) is 5.76 Å². The minimum absolute atomic E-state index is 0.0422. The highest BCUT2D eigenvalue weighted by Crippen LogP contribution is 2.45. The first-order valence-electron chi connectivity index (χ1n) is 9.73. The number of ether oxygens (including phenoxy) is 2. The molecule has 160 valence electrons. The lowest BCUT2D eigenvalue weighted by Gasteiger charge is -2.26. The first kappa shape index (κ1) is 19.5. The molecule has 2 aliphatic heterocycles. The number of amides is 1. The summed E-state index contributed by atoms with van der Waals surface area (Å²) in [5.74, 6) is -1.62. The first-order chi connectivity index (χ1) is 15.5. The number of anilines is 1. The second-order valence-corrected chi connectivity index (χ2v) is 7.32. The summed E-state index contributed by atoms with van der Waals surface area (Å²) < 4.78 is 10.6. The number of rotatable bonds is 3. The lowest BCUT2D eigenvalue weighted by atomic mass is 9.95. The number of hydrogen-bond donors (Lipinski definition) is 3. The molecule has 1 saturated heterocycles. The maximum atomic E-state index is 13.1. The summed E-state index contributed by atoms with van der Waals surface area (Å²) in [5, 5.41) is 31.5. The van der Waals surface area contributed by atoms with Gasteiger partial charge in [-0.1, -0.05) is 24.3 Å². The van der Waals surface area contributed by atoms with Crippen LogP contribution in [-0.4, -0.2) is 33.8 Å². The Kier molecular flexibility index (Phi) is 4.48. The van der Waals surface area contributed by atoms with Gasteiger partial charge in [0, 0.05) is 5.56 Å². The standard InChI is InChI=1S/C24H17NO7/c26-15-5-3-4-13(10-15)21-20(22(28)14-8-9-18-19(11-14)32-12-31-18)23(29)24(30)25(21)16-6-1-2-7-17(16)27/h1-11,21,26-28H,12H2/b22-20-. The van der Waals surface area contributed by atoms with E-state index in [-0.39, 0.29) is 35.1 Å². The van der Waals surface area contributed by atoms with E-state index < -0.39 is 23.5 Å². The molecule has 0 spiro atoms. The zero-order valence-electron chi connectivity index (χ0n) is 16.6. The Morgan fingerprint density at radius 2 is 1.69 bits per heavy atom. The van der Waals surface area contributed by atoms with Crippen LogP contribution in [0.5, 0.6) is 23.0 Å². The van der Waals surface area contributed by atoms with Crippen molar-refractivity contribution in [1.29, 1.82) is 0 Å². The molecule has 2 heterocycles. The summed E-state index contributed by atoms with van der Waals surface area (Å²) in [6.07, 6.45) is 0. The summed E-state index contributed by atoms with van der Waals surface area (Å²) in [7, 11) is 0. The molecule has 32 heavy (non-hydrogen) atoms. The summed E-state index contributed by atoms with van der Waals surface area (Å²) in [5.41, 5.74) is 0.569. The van der Waals surface area contributed by atoms with E-state index in [1.807, 2.05) is 0 Å². The highest BCUT2D eigenvalue weighted by Gasteiger charge is 2.47. The van der Waals surface area contributed by atoms with Gasteiger partial charge in [-0.3, -0.25) is 14.5 Å². The smallest absolute Gasteiger partial charge is 0.300 e. The molecule has 3 aromatic rings. The Bertz CT molecular complexity index is 1300. The van der Waals surface area contributed by atoms with Crippen molar-refractivity contribution in [2.45, 2.75) is 6.04 Å². The highest BCUT2D eigenvalue weighted by molar-refractivity contribution is 6.51. The SMILES string of the molecule is O=C1C(=O)N(c2ccccc2O)C(c2cccc(O)c2)/C1=C(/O)c1ccc2c(c1)OCO2. The van der Waals surface area contributed by atoms with Gasteiger partial charge in [0.1, 0.15) is 17.3 Å². The topological polar surface area (TPSA) is 117 Å². The van der Waals surface area contributed by atoms with Crippen LogP contribution in [0.3, 0.4) is 0 Å².